The van der Waals surface area contributed by atoms with Crippen molar-refractivity contribution in [3.05, 3.63) is 29.3 Å². The molecule has 1 aliphatic rings. The molecule has 116 valence electrons. The molecule has 1 saturated heterocycles. The molecule has 0 saturated carbocycles. The minimum Gasteiger partial charge on any atom is -0.366 e. The lowest BCUT2D eigenvalue weighted by atomic mass is 10.1. The largest absolute Gasteiger partial charge is 0.366 e. The maximum atomic E-state index is 12.6. The second-order valence-corrected chi connectivity index (χ2v) is 7.12. The van der Waals surface area contributed by atoms with Gasteiger partial charge in [0.2, 0.25) is 15.9 Å². The number of hydrogen-bond acceptors (Lipinski definition) is 4. The van der Waals surface area contributed by atoms with Gasteiger partial charge < -0.3 is 10.6 Å². The van der Waals surface area contributed by atoms with E-state index in [1.807, 2.05) is 0 Å². The molecule has 0 spiro atoms. The minimum absolute atomic E-state index is 0.131. The van der Waals surface area contributed by atoms with Gasteiger partial charge in [0.25, 0.3) is 0 Å². The van der Waals surface area contributed by atoms with E-state index in [4.69, 9.17) is 5.73 Å². The van der Waals surface area contributed by atoms with E-state index in [1.165, 1.54) is 16.4 Å². The van der Waals surface area contributed by atoms with Crippen LogP contribution in [0.1, 0.15) is 22.8 Å². The van der Waals surface area contributed by atoms with Crippen LogP contribution in [0.5, 0.6) is 0 Å². The Morgan fingerprint density at radius 2 is 1.86 bits per heavy atom. The first-order valence-electron chi connectivity index (χ1n) is 6.99. The normalized spacial score (nSPS) is 17.8. The molecule has 6 nitrogen and oxygen atoms in total. The zero-order valence-electron chi connectivity index (χ0n) is 12.4. The predicted molar refractivity (Wildman–Crippen MR) is 80.6 cm³/mol. The van der Waals surface area contributed by atoms with Gasteiger partial charge in [0.1, 0.15) is 0 Å². The first-order chi connectivity index (χ1) is 9.86. The van der Waals surface area contributed by atoms with E-state index >= 15 is 0 Å². The Hall–Kier alpha value is -1.44. The van der Waals surface area contributed by atoms with Crippen LogP contribution in [-0.4, -0.2) is 56.3 Å². The second-order valence-electron chi connectivity index (χ2n) is 5.18. The lowest BCUT2D eigenvalue weighted by molar-refractivity contribution is 0.0999. The van der Waals surface area contributed by atoms with Crippen molar-refractivity contribution in [2.75, 3.05) is 32.7 Å². The molecule has 0 radical (unpaired) electrons. The maximum Gasteiger partial charge on any atom is 0.249 e. The lowest BCUT2D eigenvalue weighted by Crippen LogP contribution is -2.48. The number of rotatable bonds is 4. The Bertz CT molecular complexity index is 635. The number of piperazine rings is 1. The quantitative estimate of drug-likeness (QED) is 0.873. The summed E-state index contributed by atoms with van der Waals surface area (Å²) in [4.78, 5) is 13.7. The van der Waals surface area contributed by atoms with Crippen LogP contribution in [0.25, 0.3) is 0 Å². The molecular weight excluding hydrogens is 290 g/mol. The van der Waals surface area contributed by atoms with Crippen molar-refractivity contribution >= 4 is 15.9 Å². The molecule has 0 aromatic heterocycles. The Kier molecular flexibility index (Phi) is 4.65. The maximum absolute atomic E-state index is 12.6. The molecule has 0 bridgehead atoms. The van der Waals surface area contributed by atoms with E-state index in [0.29, 0.717) is 18.7 Å². The van der Waals surface area contributed by atoms with Gasteiger partial charge in [-0.1, -0.05) is 13.0 Å². The summed E-state index contributed by atoms with van der Waals surface area (Å²) in [6.45, 7) is 7.10. The van der Waals surface area contributed by atoms with Crippen molar-refractivity contribution < 1.29 is 13.2 Å². The molecule has 1 aliphatic heterocycles. The van der Waals surface area contributed by atoms with Gasteiger partial charge in [-0.15, -0.1) is 0 Å². The highest BCUT2D eigenvalue weighted by Gasteiger charge is 2.28. The van der Waals surface area contributed by atoms with Gasteiger partial charge in [-0.05, 0) is 31.2 Å². The van der Waals surface area contributed by atoms with Gasteiger partial charge in [-0.2, -0.15) is 4.31 Å². The molecule has 0 unspecified atom stereocenters. The summed E-state index contributed by atoms with van der Waals surface area (Å²) >= 11 is 0. The highest BCUT2D eigenvalue weighted by Crippen LogP contribution is 2.20. The lowest BCUT2D eigenvalue weighted by Gasteiger charge is -2.33. The number of benzene rings is 1. The fourth-order valence-electron chi connectivity index (χ4n) is 2.46. The average molecular weight is 311 g/mol. The number of carbonyl (C=O) groups excluding carboxylic acids is 1. The van der Waals surface area contributed by atoms with Crippen LogP contribution in [-0.2, 0) is 10.0 Å². The van der Waals surface area contributed by atoms with Gasteiger partial charge in [-0.3, -0.25) is 4.79 Å². The van der Waals surface area contributed by atoms with Gasteiger partial charge in [0.15, 0.2) is 0 Å². The van der Waals surface area contributed by atoms with Gasteiger partial charge >= 0.3 is 0 Å². The molecule has 1 aromatic carbocycles. The number of primary amides is 1. The first-order valence-corrected chi connectivity index (χ1v) is 8.43. The summed E-state index contributed by atoms with van der Waals surface area (Å²) in [7, 11) is -3.57. The summed E-state index contributed by atoms with van der Waals surface area (Å²) in [5.74, 6) is -0.611. The molecule has 7 heteroatoms. The summed E-state index contributed by atoms with van der Waals surface area (Å²) in [5.41, 5.74) is 6.22. The Morgan fingerprint density at radius 3 is 2.38 bits per heavy atom. The summed E-state index contributed by atoms with van der Waals surface area (Å²) in [6, 6.07) is 4.53. The third-order valence-corrected chi connectivity index (χ3v) is 5.79. The molecule has 1 aromatic rings. The van der Waals surface area contributed by atoms with Crippen LogP contribution >= 0.6 is 0 Å². The third-order valence-electron chi connectivity index (χ3n) is 3.89. The topological polar surface area (TPSA) is 83.7 Å². The highest BCUT2D eigenvalue weighted by atomic mass is 32.2. The van der Waals surface area contributed by atoms with Crippen molar-refractivity contribution in [2.24, 2.45) is 5.73 Å². The predicted octanol–water partition coefficient (Wildman–Crippen LogP) is 0.420. The van der Waals surface area contributed by atoms with E-state index in [2.05, 4.69) is 11.8 Å². The Balaban J connectivity index is 2.28. The van der Waals surface area contributed by atoms with Gasteiger partial charge in [0, 0.05) is 31.7 Å². The highest BCUT2D eigenvalue weighted by molar-refractivity contribution is 7.89. The van der Waals surface area contributed by atoms with Gasteiger partial charge in [-0.25, -0.2) is 8.42 Å². The number of aryl methyl sites for hydroxylation is 1. The van der Waals surface area contributed by atoms with E-state index < -0.39 is 15.9 Å². The zero-order valence-corrected chi connectivity index (χ0v) is 13.2. The number of nitrogens with two attached hydrogens (primary N) is 1. The fourth-order valence-corrected chi connectivity index (χ4v) is 3.91. The van der Waals surface area contributed by atoms with E-state index in [9.17, 15) is 13.2 Å². The SMILES string of the molecule is CCN1CCN(S(=O)(=O)c2ccc(C)c(C(N)=O)c2)CC1. The van der Waals surface area contributed by atoms with Gasteiger partial charge in [0.05, 0.1) is 4.90 Å². The average Bonchev–Trinajstić information content (AvgIpc) is 2.47. The number of carbonyl (C=O) groups is 1. The van der Waals surface area contributed by atoms with Crippen LogP contribution in [0.4, 0.5) is 0 Å². The van der Waals surface area contributed by atoms with E-state index in [-0.39, 0.29) is 10.5 Å². The van der Waals surface area contributed by atoms with Crippen LogP contribution < -0.4 is 5.73 Å². The van der Waals surface area contributed by atoms with E-state index in [1.54, 1.807) is 13.0 Å². The van der Waals surface area contributed by atoms with Crippen molar-refractivity contribution in [1.29, 1.82) is 0 Å². The van der Waals surface area contributed by atoms with Crippen molar-refractivity contribution in [1.82, 2.24) is 9.21 Å². The number of likely N-dealkylation sites (N-methyl/N-ethyl adjacent to an activating group) is 1. The van der Waals surface area contributed by atoms with Crippen molar-refractivity contribution in [2.45, 2.75) is 18.7 Å². The molecule has 1 amide bonds. The standard InChI is InChI=1S/C14H21N3O3S/c1-3-16-6-8-17(9-7-16)21(19,20)12-5-4-11(2)13(10-12)14(15)18/h4-5,10H,3,6-9H2,1-2H3,(H2,15,18). The van der Waals surface area contributed by atoms with Crippen LogP contribution in [0.15, 0.2) is 23.1 Å². The molecule has 1 fully saturated rings. The van der Waals surface area contributed by atoms with Crippen LogP contribution in [0.2, 0.25) is 0 Å². The minimum atomic E-state index is -3.57. The zero-order chi connectivity index (χ0) is 15.6. The smallest absolute Gasteiger partial charge is 0.249 e. The van der Waals surface area contributed by atoms with Crippen LogP contribution in [0.3, 0.4) is 0 Å². The Labute approximate surface area is 125 Å². The monoisotopic (exact) mass is 311 g/mol. The Morgan fingerprint density at radius 1 is 1.24 bits per heavy atom. The fraction of sp³-hybridized carbons (Fsp3) is 0.500. The number of hydrogen-bond donors (Lipinski definition) is 1. The first kappa shape index (κ1) is 15.9. The molecular formula is C14H21N3O3S. The molecule has 2 N–H and O–H groups in total. The summed E-state index contributed by atoms with van der Waals surface area (Å²) in [5, 5.41) is 0. The van der Waals surface area contributed by atoms with Crippen molar-refractivity contribution in [3.63, 3.8) is 0 Å². The molecule has 0 aliphatic carbocycles. The third kappa shape index (κ3) is 3.25. The summed E-state index contributed by atoms with van der Waals surface area (Å²) < 4.78 is 26.7. The molecule has 0 atom stereocenters. The summed E-state index contributed by atoms with van der Waals surface area (Å²) in [6.07, 6.45) is 0. The molecule has 21 heavy (non-hydrogen) atoms. The van der Waals surface area contributed by atoms with Crippen molar-refractivity contribution in [3.8, 4) is 0 Å². The molecule has 2 rings (SSSR count). The number of sulfonamides is 1. The van der Waals surface area contributed by atoms with E-state index in [0.717, 1.165) is 19.6 Å². The number of amides is 1. The molecule has 1 heterocycles. The second kappa shape index (κ2) is 6.13. The van der Waals surface area contributed by atoms with Crippen LogP contribution in [0, 0.1) is 6.92 Å². The number of nitrogens with zero attached hydrogens (tertiary/aromatic N) is 2.